The Morgan fingerprint density at radius 2 is 1.64 bits per heavy atom. The first-order valence-corrected chi connectivity index (χ1v) is 9.61. The molecule has 124 valence electrons. The summed E-state index contributed by atoms with van der Waals surface area (Å²) < 4.78 is 23.0. The number of aliphatic hydroxyl groups is 1. The molecule has 1 aliphatic heterocycles. The molecule has 1 unspecified atom stereocenters. The minimum atomic E-state index is -3.13. The van der Waals surface area contributed by atoms with Crippen LogP contribution in [0.15, 0.2) is 29.2 Å². The number of sulfone groups is 1. The van der Waals surface area contributed by atoms with E-state index in [9.17, 15) is 13.5 Å². The van der Waals surface area contributed by atoms with E-state index < -0.39 is 9.84 Å². The number of benzene rings is 1. The molecule has 22 heavy (non-hydrogen) atoms. The maximum atomic E-state index is 11.5. The first-order chi connectivity index (χ1) is 10.3. The van der Waals surface area contributed by atoms with Crippen LogP contribution in [0.5, 0.6) is 0 Å². The van der Waals surface area contributed by atoms with Gasteiger partial charge in [-0.15, -0.1) is 0 Å². The van der Waals surface area contributed by atoms with E-state index in [-0.39, 0.29) is 12.1 Å². The Morgan fingerprint density at radius 1 is 1.09 bits per heavy atom. The van der Waals surface area contributed by atoms with E-state index in [1.54, 1.807) is 12.1 Å². The second-order valence-corrected chi connectivity index (χ2v) is 8.22. The van der Waals surface area contributed by atoms with E-state index in [0.29, 0.717) is 4.90 Å². The van der Waals surface area contributed by atoms with Gasteiger partial charge in [0.15, 0.2) is 9.84 Å². The van der Waals surface area contributed by atoms with Crippen LogP contribution in [0.1, 0.15) is 25.5 Å². The Balaban J connectivity index is 1.96. The highest BCUT2D eigenvalue weighted by Gasteiger charge is 2.22. The molecule has 0 aromatic heterocycles. The van der Waals surface area contributed by atoms with Crippen LogP contribution in [0.25, 0.3) is 0 Å². The van der Waals surface area contributed by atoms with Gasteiger partial charge in [0.25, 0.3) is 0 Å². The smallest absolute Gasteiger partial charge is 0.175 e. The minimum absolute atomic E-state index is 0.266. The second-order valence-electron chi connectivity index (χ2n) is 6.20. The lowest BCUT2D eigenvalue weighted by Gasteiger charge is -2.38. The highest BCUT2D eigenvalue weighted by Crippen LogP contribution is 2.23. The summed E-state index contributed by atoms with van der Waals surface area (Å²) in [4.78, 5) is 5.04. The summed E-state index contributed by atoms with van der Waals surface area (Å²) >= 11 is 0. The SMILES string of the molecule is CC(c1ccc(S(C)(=O)=O)cc1)N1CCN(C[C@H](C)O)CC1. The molecule has 0 bridgehead atoms. The topological polar surface area (TPSA) is 60.9 Å². The second kappa shape index (κ2) is 7.08. The molecule has 0 radical (unpaired) electrons. The number of hydrogen-bond acceptors (Lipinski definition) is 5. The molecule has 0 aliphatic carbocycles. The molecule has 1 aliphatic rings. The predicted molar refractivity (Wildman–Crippen MR) is 87.7 cm³/mol. The number of aliphatic hydroxyl groups excluding tert-OH is 1. The number of β-amino-alcohol motifs (C(OH)–C–C–N with tert-alkyl or cyclic N) is 1. The van der Waals surface area contributed by atoms with E-state index in [2.05, 4.69) is 16.7 Å². The number of piperazine rings is 1. The minimum Gasteiger partial charge on any atom is -0.392 e. The fourth-order valence-electron chi connectivity index (χ4n) is 2.91. The molecule has 1 N–H and O–H groups in total. The van der Waals surface area contributed by atoms with Crippen molar-refractivity contribution in [2.45, 2.75) is 30.9 Å². The summed E-state index contributed by atoms with van der Waals surface area (Å²) in [6, 6.07) is 7.45. The molecule has 0 spiro atoms. The van der Waals surface area contributed by atoms with Crippen molar-refractivity contribution in [2.75, 3.05) is 39.0 Å². The quantitative estimate of drug-likeness (QED) is 0.879. The van der Waals surface area contributed by atoms with Gasteiger partial charge < -0.3 is 5.11 Å². The summed E-state index contributed by atoms with van der Waals surface area (Å²) in [5.74, 6) is 0. The Morgan fingerprint density at radius 3 is 2.09 bits per heavy atom. The Labute approximate surface area is 133 Å². The molecular formula is C16H26N2O3S. The predicted octanol–water partition coefficient (Wildman–Crippen LogP) is 1.15. The largest absolute Gasteiger partial charge is 0.392 e. The fraction of sp³-hybridized carbons (Fsp3) is 0.625. The fourth-order valence-corrected chi connectivity index (χ4v) is 3.54. The van der Waals surface area contributed by atoms with Crippen LogP contribution in [-0.4, -0.2) is 68.4 Å². The maximum Gasteiger partial charge on any atom is 0.175 e. The third-order valence-corrected chi connectivity index (χ3v) is 5.40. The van der Waals surface area contributed by atoms with Crippen LogP contribution in [0.2, 0.25) is 0 Å². The van der Waals surface area contributed by atoms with Crippen LogP contribution in [0.3, 0.4) is 0 Å². The summed E-state index contributed by atoms with van der Waals surface area (Å²) in [5, 5.41) is 9.45. The highest BCUT2D eigenvalue weighted by atomic mass is 32.2. The molecule has 0 amide bonds. The average Bonchev–Trinajstić information content (AvgIpc) is 2.46. The van der Waals surface area contributed by atoms with Gasteiger partial charge in [0.05, 0.1) is 11.0 Å². The number of hydrogen-bond donors (Lipinski definition) is 1. The van der Waals surface area contributed by atoms with Crippen molar-refractivity contribution in [3.63, 3.8) is 0 Å². The van der Waals surface area contributed by atoms with Crippen molar-refractivity contribution >= 4 is 9.84 Å². The average molecular weight is 326 g/mol. The van der Waals surface area contributed by atoms with Crippen molar-refractivity contribution in [3.8, 4) is 0 Å². The molecular weight excluding hydrogens is 300 g/mol. The number of nitrogens with zero attached hydrogens (tertiary/aromatic N) is 2. The van der Waals surface area contributed by atoms with E-state index in [4.69, 9.17) is 0 Å². The third-order valence-electron chi connectivity index (χ3n) is 4.27. The number of rotatable bonds is 5. The molecule has 2 rings (SSSR count). The highest BCUT2D eigenvalue weighted by molar-refractivity contribution is 7.90. The Bertz CT molecular complexity index is 576. The molecule has 5 nitrogen and oxygen atoms in total. The molecule has 0 saturated carbocycles. The summed E-state index contributed by atoms with van der Waals surface area (Å²) in [6.45, 7) is 8.53. The zero-order valence-electron chi connectivity index (χ0n) is 13.6. The van der Waals surface area contributed by atoms with Gasteiger partial charge in [-0.25, -0.2) is 8.42 Å². The van der Waals surface area contributed by atoms with Crippen LogP contribution < -0.4 is 0 Å². The van der Waals surface area contributed by atoms with E-state index in [0.717, 1.165) is 38.3 Å². The summed E-state index contributed by atoms with van der Waals surface area (Å²) in [6.07, 6.45) is 0.944. The van der Waals surface area contributed by atoms with Crippen LogP contribution in [-0.2, 0) is 9.84 Å². The van der Waals surface area contributed by atoms with Gasteiger partial charge in [-0.3, -0.25) is 9.80 Å². The van der Waals surface area contributed by atoms with Crippen molar-refractivity contribution in [1.29, 1.82) is 0 Å². The lowest BCUT2D eigenvalue weighted by Crippen LogP contribution is -2.48. The van der Waals surface area contributed by atoms with Crippen molar-refractivity contribution in [3.05, 3.63) is 29.8 Å². The Hall–Kier alpha value is -0.950. The molecule has 1 aromatic rings. The van der Waals surface area contributed by atoms with Crippen molar-refractivity contribution < 1.29 is 13.5 Å². The van der Waals surface area contributed by atoms with Gasteiger partial charge in [-0.1, -0.05) is 12.1 Å². The van der Waals surface area contributed by atoms with Gasteiger partial charge in [-0.2, -0.15) is 0 Å². The van der Waals surface area contributed by atoms with Crippen molar-refractivity contribution in [2.24, 2.45) is 0 Å². The van der Waals surface area contributed by atoms with Crippen LogP contribution in [0, 0.1) is 0 Å². The maximum absolute atomic E-state index is 11.5. The normalized spacial score (nSPS) is 20.7. The van der Waals surface area contributed by atoms with Gasteiger partial charge in [0, 0.05) is 45.0 Å². The molecule has 1 aromatic carbocycles. The lowest BCUT2D eigenvalue weighted by atomic mass is 10.1. The first kappa shape index (κ1) is 17.4. The third kappa shape index (κ3) is 4.52. The summed E-state index contributed by atoms with van der Waals surface area (Å²) in [5.41, 5.74) is 1.14. The van der Waals surface area contributed by atoms with E-state index >= 15 is 0 Å². The Kier molecular flexibility index (Phi) is 5.60. The van der Waals surface area contributed by atoms with Gasteiger partial charge in [0.1, 0.15) is 0 Å². The zero-order valence-corrected chi connectivity index (χ0v) is 14.4. The van der Waals surface area contributed by atoms with Crippen LogP contribution in [0.4, 0.5) is 0 Å². The van der Waals surface area contributed by atoms with E-state index in [1.165, 1.54) is 6.26 Å². The van der Waals surface area contributed by atoms with Crippen LogP contribution >= 0.6 is 0 Å². The van der Waals surface area contributed by atoms with Gasteiger partial charge >= 0.3 is 0 Å². The van der Waals surface area contributed by atoms with Gasteiger partial charge in [0.2, 0.25) is 0 Å². The first-order valence-electron chi connectivity index (χ1n) is 7.72. The van der Waals surface area contributed by atoms with Crippen molar-refractivity contribution in [1.82, 2.24) is 9.80 Å². The standard InChI is InChI=1S/C16H26N2O3S/c1-13(19)12-17-8-10-18(11-9-17)14(2)15-4-6-16(7-5-15)22(3,20)21/h4-7,13-14,19H,8-12H2,1-3H3/t13-,14?/m0/s1. The molecule has 1 heterocycles. The molecule has 6 heteroatoms. The monoisotopic (exact) mass is 326 g/mol. The molecule has 1 fully saturated rings. The summed E-state index contributed by atoms with van der Waals surface area (Å²) in [7, 11) is -3.13. The van der Waals surface area contributed by atoms with E-state index in [1.807, 2.05) is 19.1 Å². The zero-order chi connectivity index (χ0) is 16.3. The van der Waals surface area contributed by atoms with Gasteiger partial charge in [-0.05, 0) is 31.5 Å². The molecule has 1 saturated heterocycles. The lowest BCUT2D eigenvalue weighted by molar-refractivity contribution is 0.0655. The molecule has 2 atom stereocenters.